The first-order valence-electron chi connectivity index (χ1n) is 17.9. The molecule has 8 heteroatoms. The number of carbonyl (C=O) groups excluding carboxylic acids is 2. The molecule has 2 fully saturated rings. The average Bonchev–Trinajstić information content (AvgIpc) is 3.68. The monoisotopic (exact) mass is 685 g/mol. The zero-order valence-corrected chi connectivity index (χ0v) is 28.6. The number of aliphatic carboxylic acids is 1. The fourth-order valence-corrected chi connectivity index (χ4v) is 8.16. The Kier molecular flexibility index (Phi) is 10.3. The molecule has 51 heavy (non-hydrogen) atoms. The number of amides is 2. The molecule has 2 aliphatic heterocycles. The number of fused-ring (bicyclic) bond motifs is 4. The van der Waals surface area contributed by atoms with Crippen LogP contribution in [0.2, 0.25) is 0 Å². The van der Waals surface area contributed by atoms with Crippen molar-refractivity contribution in [1.29, 1.82) is 0 Å². The van der Waals surface area contributed by atoms with Crippen molar-refractivity contribution in [3.05, 3.63) is 119 Å². The number of benzene rings is 4. The van der Waals surface area contributed by atoms with E-state index in [1.165, 1.54) is 4.90 Å². The van der Waals surface area contributed by atoms with Gasteiger partial charge in [0.25, 0.3) is 0 Å². The van der Waals surface area contributed by atoms with Crippen LogP contribution >= 0.6 is 0 Å². The standard InChI is InChI=1S/C43H43NO7/c45-37-21-19-30(33-16-9-10-17-34(33)37)24-29(28-12-4-1-5-13-28)20-22-38-40-31(26-50-32-14-6-2-7-15-32)25-35-41(36(40)27-51-38)43(49)44(42(35)48)23-11-3-8-18-39(46)47/h1-2,4-7,9-10,12-17,19,21,24,35-36,38,41,45H,3,8,11,18,20,22-23,25-27H2,(H,46,47)/b29-24-/t35-,36+,38-,41-/m1/s1. The molecular formula is C43H43NO7. The zero-order valence-electron chi connectivity index (χ0n) is 28.6. The molecule has 0 saturated carbocycles. The molecule has 7 rings (SSSR count). The number of allylic oxidation sites excluding steroid dienone is 1. The Morgan fingerprint density at radius 3 is 2.31 bits per heavy atom. The maximum Gasteiger partial charge on any atom is 0.303 e. The first-order valence-corrected chi connectivity index (χ1v) is 17.9. The van der Waals surface area contributed by atoms with E-state index in [0.29, 0.717) is 58.3 Å². The van der Waals surface area contributed by atoms with Crippen LogP contribution in [0.5, 0.6) is 11.5 Å². The van der Waals surface area contributed by atoms with Crippen molar-refractivity contribution in [2.75, 3.05) is 19.8 Å². The number of ether oxygens (including phenoxy) is 2. The zero-order chi connectivity index (χ0) is 35.3. The summed E-state index contributed by atoms with van der Waals surface area (Å²) >= 11 is 0. The van der Waals surface area contributed by atoms with Crippen LogP contribution in [0.25, 0.3) is 22.4 Å². The molecule has 2 heterocycles. The smallest absolute Gasteiger partial charge is 0.303 e. The number of aromatic hydroxyl groups is 1. The average molecular weight is 686 g/mol. The van der Waals surface area contributed by atoms with E-state index in [0.717, 1.165) is 44.4 Å². The maximum absolute atomic E-state index is 13.9. The molecular weight excluding hydrogens is 642 g/mol. The Hall–Kier alpha value is -5.21. The van der Waals surface area contributed by atoms with E-state index >= 15 is 0 Å². The lowest BCUT2D eigenvalue weighted by Gasteiger charge is -2.32. The molecule has 1 aliphatic carbocycles. The molecule has 0 radical (unpaired) electrons. The fraction of sp³-hybridized carbons (Fsp3) is 0.326. The minimum atomic E-state index is -0.839. The van der Waals surface area contributed by atoms with Gasteiger partial charge in [0.1, 0.15) is 18.1 Å². The topological polar surface area (TPSA) is 113 Å². The second kappa shape index (κ2) is 15.4. The summed E-state index contributed by atoms with van der Waals surface area (Å²) in [6, 6.07) is 31.4. The number of unbranched alkanes of at least 4 members (excludes halogenated alkanes) is 2. The first-order chi connectivity index (χ1) is 24.9. The molecule has 3 aliphatic rings. The Bertz CT molecular complexity index is 1970. The van der Waals surface area contributed by atoms with Gasteiger partial charge in [-0.1, -0.05) is 91.4 Å². The molecule has 4 aromatic rings. The van der Waals surface area contributed by atoms with Crippen molar-refractivity contribution in [1.82, 2.24) is 4.90 Å². The molecule has 0 spiro atoms. The van der Waals surface area contributed by atoms with Gasteiger partial charge in [-0.2, -0.15) is 0 Å². The highest BCUT2D eigenvalue weighted by molar-refractivity contribution is 6.06. The van der Waals surface area contributed by atoms with E-state index in [4.69, 9.17) is 14.6 Å². The van der Waals surface area contributed by atoms with E-state index in [1.54, 1.807) is 6.07 Å². The molecule has 2 N–H and O–H groups in total. The predicted octanol–water partition coefficient (Wildman–Crippen LogP) is 7.91. The van der Waals surface area contributed by atoms with Crippen LogP contribution in [0.15, 0.2) is 108 Å². The Morgan fingerprint density at radius 1 is 0.824 bits per heavy atom. The highest BCUT2D eigenvalue weighted by Crippen LogP contribution is 2.50. The molecule has 0 unspecified atom stereocenters. The van der Waals surface area contributed by atoms with Crippen molar-refractivity contribution < 1.29 is 34.1 Å². The van der Waals surface area contributed by atoms with Crippen LogP contribution in [0, 0.1) is 17.8 Å². The number of para-hydroxylation sites is 1. The number of nitrogens with zero attached hydrogens (tertiary/aromatic N) is 1. The van der Waals surface area contributed by atoms with Gasteiger partial charge in [-0.15, -0.1) is 0 Å². The normalized spacial score (nSPS) is 21.6. The van der Waals surface area contributed by atoms with Gasteiger partial charge in [0.2, 0.25) is 11.8 Å². The number of imide groups is 1. The second-order valence-electron chi connectivity index (χ2n) is 13.8. The largest absolute Gasteiger partial charge is 0.507 e. The van der Waals surface area contributed by atoms with E-state index in [-0.39, 0.29) is 36.0 Å². The number of likely N-dealkylation sites (tertiary alicyclic amines) is 1. The summed E-state index contributed by atoms with van der Waals surface area (Å²) in [7, 11) is 0. The Morgan fingerprint density at radius 2 is 1.55 bits per heavy atom. The van der Waals surface area contributed by atoms with Gasteiger partial charge in [-0.05, 0) is 83.5 Å². The first kappa shape index (κ1) is 34.2. The summed E-state index contributed by atoms with van der Waals surface area (Å²) in [6.45, 7) is 0.995. The SMILES string of the molecule is O=C(O)CCCCCN1C(=O)[C@@H]2[C@@H](CC(COc3ccccc3)=C3[C@@H](CC/C(=C/c4ccc(O)c5ccccc45)c4ccccc4)OC[C@@H]32)C1=O. The highest BCUT2D eigenvalue weighted by Gasteiger charge is 2.56. The van der Waals surface area contributed by atoms with Gasteiger partial charge in [-0.3, -0.25) is 19.3 Å². The molecule has 0 aromatic heterocycles. The fourth-order valence-electron chi connectivity index (χ4n) is 8.16. The quantitative estimate of drug-likeness (QED) is 0.0601. The summed E-state index contributed by atoms with van der Waals surface area (Å²) in [5, 5.41) is 21.3. The van der Waals surface area contributed by atoms with Crippen LogP contribution in [0.4, 0.5) is 0 Å². The van der Waals surface area contributed by atoms with Crippen LogP contribution in [0.3, 0.4) is 0 Å². The third-order valence-electron chi connectivity index (χ3n) is 10.6. The third kappa shape index (κ3) is 7.33. The van der Waals surface area contributed by atoms with Crippen molar-refractivity contribution >= 4 is 40.2 Å². The van der Waals surface area contributed by atoms with Crippen molar-refractivity contribution in [2.24, 2.45) is 17.8 Å². The van der Waals surface area contributed by atoms with Gasteiger partial charge in [0, 0.05) is 24.3 Å². The number of hydrogen-bond donors (Lipinski definition) is 2. The summed E-state index contributed by atoms with van der Waals surface area (Å²) in [6.07, 6.45) is 5.63. The maximum atomic E-state index is 13.9. The van der Waals surface area contributed by atoms with Crippen LogP contribution < -0.4 is 4.74 Å². The number of rotatable bonds is 14. The number of phenolic OH excluding ortho intramolecular Hbond substituents is 1. The number of hydrogen-bond acceptors (Lipinski definition) is 6. The molecule has 4 atom stereocenters. The summed E-state index contributed by atoms with van der Waals surface area (Å²) in [5.41, 5.74) is 5.38. The van der Waals surface area contributed by atoms with E-state index in [1.807, 2.05) is 78.9 Å². The summed E-state index contributed by atoms with van der Waals surface area (Å²) in [5.74, 6) is -1.25. The lowest BCUT2D eigenvalue weighted by Crippen LogP contribution is -2.35. The summed E-state index contributed by atoms with van der Waals surface area (Å²) < 4.78 is 12.8. The van der Waals surface area contributed by atoms with Gasteiger partial charge >= 0.3 is 5.97 Å². The minimum Gasteiger partial charge on any atom is -0.507 e. The molecule has 4 aromatic carbocycles. The van der Waals surface area contributed by atoms with Gasteiger partial charge in [0.05, 0.1) is 24.5 Å². The molecule has 262 valence electrons. The van der Waals surface area contributed by atoms with E-state index < -0.39 is 17.8 Å². The number of phenols is 1. The minimum absolute atomic E-state index is 0.0820. The second-order valence-corrected chi connectivity index (χ2v) is 13.8. The van der Waals surface area contributed by atoms with Gasteiger partial charge in [-0.25, -0.2) is 0 Å². The number of carboxylic acid groups (broad SMARTS) is 1. The van der Waals surface area contributed by atoms with Crippen molar-refractivity contribution in [3.63, 3.8) is 0 Å². The Balaban J connectivity index is 1.16. The number of carbonyl (C=O) groups is 3. The lowest BCUT2D eigenvalue weighted by molar-refractivity contribution is -0.141. The number of carboxylic acids is 1. The van der Waals surface area contributed by atoms with E-state index in [9.17, 15) is 19.5 Å². The highest BCUT2D eigenvalue weighted by atomic mass is 16.5. The van der Waals surface area contributed by atoms with Crippen molar-refractivity contribution in [2.45, 2.75) is 51.0 Å². The van der Waals surface area contributed by atoms with E-state index in [2.05, 4.69) is 18.2 Å². The third-order valence-corrected chi connectivity index (χ3v) is 10.6. The Labute approximate surface area is 298 Å². The summed E-state index contributed by atoms with van der Waals surface area (Å²) in [4.78, 5) is 40.0. The van der Waals surface area contributed by atoms with Crippen molar-refractivity contribution in [3.8, 4) is 11.5 Å². The lowest BCUT2D eigenvalue weighted by atomic mass is 9.69. The predicted molar refractivity (Wildman–Crippen MR) is 196 cm³/mol. The van der Waals surface area contributed by atoms with Gasteiger partial charge < -0.3 is 19.7 Å². The molecule has 2 saturated heterocycles. The van der Waals surface area contributed by atoms with Crippen LogP contribution in [0.1, 0.15) is 56.1 Å². The molecule has 0 bridgehead atoms. The molecule has 2 amide bonds. The van der Waals surface area contributed by atoms with Crippen LogP contribution in [-0.2, 0) is 19.1 Å². The van der Waals surface area contributed by atoms with Gasteiger partial charge in [0.15, 0.2) is 0 Å². The molecule has 8 nitrogen and oxygen atoms in total. The van der Waals surface area contributed by atoms with Crippen LogP contribution in [-0.4, -0.2) is 58.8 Å².